The molecule has 11 nitrogen and oxygen atoms in total. The number of ether oxygens (including phenoxy) is 2. The molecule has 3 rings (SSSR count). The van der Waals surface area contributed by atoms with Gasteiger partial charge in [-0.1, -0.05) is 0 Å². The van der Waals surface area contributed by atoms with Gasteiger partial charge in [-0.2, -0.15) is 10.2 Å². The maximum Gasteiger partial charge on any atom is 0.348 e. The van der Waals surface area contributed by atoms with E-state index in [0.717, 1.165) is 6.92 Å². The summed E-state index contributed by atoms with van der Waals surface area (Å²) < 4.78 is 11.8. The summed E-state index contributed by atoms with van der Waals surface area (Å²) in [7, 11) is 0. The van der Waals surface area contributed by atoms with Crippen molar-refractivity contribution >= 4 is 36.1 Å². The van der Waals surface area contributed by atoms with Gasteiger partial charge < -0.3 is 14.6 Å². The molecule has 0 radical (unpaired) electrons. The summed E-state index contributed by atoms with van der Waals surface area (Å²) in [4.78, 5) is 37.1. The van der Waals surface area contributed by atoms with Gasteiger partial charge in [0.2, 0.25) is 6.10 Å². The zero-order chi connectivity index (χ0) is 19.6. The van der Waals surface area contributed by atoms with Crippen molar-refractivity contribution in [2.24, 2.45) is 0 Å². The number of carbonyl (C=O) groups is 3. The third-order valence-corrected chi connectivity index (χ3v) is 4.08. The fourth-order valence-corrected chi connectivity index (χ4v) is 2.77. The molecular formula is C16H18ClN5O6. The fraction of sp³-hybridized carbons (Fsp3) is 0.375. The number of carboxylic acid groups (broad SMARTS) is 1. The lowest BCUT2D eigenvalue weighted by Gasteiger charge is -2.40. The lowest BCUT2D eigenvalue weighted by atomic mass is 9.95. The van der Waals surface area contributed by atoms with Crippen molar-refractivity contribution < 1.29 is 29.0 Å². The number of esters is 1. The van der Waals surface area contributed by atoms with Crippen molar-refractivity contribution in [1.29, 1.82) is 0 Å². The van der Waals surface area contributed by atoms with Gasteiger partial charge in [0.15, 0.2) is 11.4 Å². The molecule has 0 bridgehead atoms. The minimum absolute atomic E-state index is 0. The van der Waals surface area contributed by atoms with Crippen LogP contribution in [0.4, 0.5) is 5.82 Å². The van der Waals surface area contributed by atoms with E-state index in [9.17, 15) is 19.5 Å². The molecule has 1 unspecified atom stereocenters. The molecule has 3 heterocycles. The van der Waals surface area contributed by atoms with Crippen LogP contribution >= 0.6 is 12.4 Å². The average Bonchev–Trinajstić information content (AvgIpc) is 3.12. The van der Waals surface area contributed by atoms with Gasteiger partial charge in [-0.05, 0) is 13.0 Å². The zero-order valence-corrected chi connectivity index (χ0v) is 15.8. The van der Waals surface area contributed by atoms with Crippen LogP contribution in [0, 0.1) is 0 Å². The maximum absolute atomic E-state index is 13.0. The number of hydrogen-bond donors (Lipinski definition) is 1. The van der Waals surface area contributed by atoms with Crippen LogP contribution in [0.3, 0.4) is 0 Å². The second kappa shape index (κ2) is 8.31. The van der Waals surface area contributed by atoms with Crippen LogP contribution < -0.4 is 4.90 Å². The molecule has 0 aromatic carbocycles. The Kier molecular flexibility index (Phi) is 6.31. The first-order valence-electron chi connectivity index (χ1n) is 8.01. The molecule has 2 atom stereocenters. The van der Waals surface area contributed by atoms with E-state index in [1.165, 1.54) is 28.9 Å². The van der Waals surface area contributed by atoms with E-state index in [4.69, 9.17) is 9.47 Å². The SMILES string of the molecule is CC(=O)O[C@@H](C(=O)O)C1(C)OCCN(c2ccn(-c3ccnnc3)n2)C1=O.Cl. The van der Waals surface area contributed by atoms with Gasteiger partial charge in [0, 0.05) is 19.2 Å². The second-order valence-corrected chi connectivity index (χ2v) is 5.96. The van der Waals surface area contributed by atoms with Gasteiger partial charge >= 0.3 is 11.9 Å². The van der Waals surface area contributed by atoms with Crippen LogP contribution in [-0.4, -0.2) is 67.8 Å². The van der Waals surface area contributed by atoms with Crippen molar-refractivity contribution in [2.45, 2.75) is 25.6 Å². The van der Waals surface area contributed by atoms with Crippen molar-refractivity contribution in [1.82, 2.24) is 20.0 Å². The van der Waals surface area contributed by atoms with Gasteiger partial charge in [0.05, 0.1) is 31.2 Å². The third kappa shape index (κ3) is 3.94. The molecule has 1 N–H and O–H groups in total. The summed E-state index contributed by atoms with van der Waals surface area (Å²) in [5, 5.41) is 21.2. The van der Waals surface area contributed by atoms with Gasteiger partial charge in [0.1, 0.15) is 0 Å². The molecule has 0 spiro atoms. The number of amides is 1. The van der Waals surface area contributed by atoms with Crippen LogP contribution in [0.2, 0.25) is 0 Å². The number of morpholine rings is 1. The molecule has 12 heteroatoms. The molecule has 1 aliphatic heterocycles. The summed E-state index contributed by atoms with van der Waals surface area (Å²) in [6, 6.07) is 3.29. The Labute approximate surface area is 165 Å². The first-order valence-corrected chi connectivity index (χ1v) is 8.01. The van der Waals surface area contributed by atoms with Crippen LogP contribution in [-0.2, 0) is 23.9 Å². The Hall–Kier alpha value is -3.05. The Morgan fingerprint density at radius 1 is 1.36 bits per heavy atom. The van der Waals surface area contributed by atoms with Crippen molar-refractivity contribution in [3.63, 3.8) is 0 Å². The Morgan fingerprint density at radius 2 is 2.11 bits per heavy atom. The van der Waals surface area contributed by atoms with Gasteiger partial charge in [-0.15, -0.1) is 17.5 Å². The number of halogens is 1. The topological polar surface area (TPSA) is 137 Å². The minimum atomic E-state index is -1.88. The molecular weight excluding hydrogens is 394 g/mol. The second-order valence-electron chi connectivity index (χ2n) is 5.96. The molecule has 1 amide bonds. The highest BCUT2D eigenvalue weighted by atomic mass is 35.5. The van der Waals surface area contributed by atoms with E-state index >= 15 is 0 Å². The Morgan fingerprint density at radius 3 is 2.71 bits per heavy atom. The number of carbonyl (C=O) groups excluding carboxylic acids is 2. The molecule has 2 aromatic heterocycles. The molecule has 1 fully saturated rings. The van der Waals surface area contributed by atoms with Crippen LogP contribution in [0.5, 0.6) is 0 Å². The van der Waals surface area contributed by atoms with E-state index in [0.29, 0.717) is 11.5 Å². The van der Waals surface area contributed by atoms with Crippen molar-refractivity contribution in [2.75, 3.05) is 18.1 Å². The predicted molar refractivity (Wildman–Crippen MR) is 96.3 cm³/mol. The highest BCUT2D eigenvalue weighted by Crippen LogP contribution is 2.29. The number of carboxylic acids is 1. The number of aliphatic carboxylic acids is 1. The minimum Gasteiger partial charge on any atom is -0.478 e. The van der Waals surface area contributed by atoms with E-state index < -0.39 is 29.6 Å². The largest absolute Gasteiger partial charge is 0.478 e. The first kappa shape index (κ1) is 21.3. The fourth-order valence-electron chi connectivity index (χ4n) is 2.77. The number of anilines is 1. The van der Waals surface area contributed by atoms with Crippen molar-refractivity contribution in [3.8, 4) is 5.69 Å². The van der Waals surface area contributed by atoms with E-state index in [2.05, 4.69) is 15.3 Å². The molecule has 1 aliphatic rings. The van der Waals surface area contributed by atoms with Gasteiger partial charge in [0.25, 0.3) is 5.91 Å². The third-order valence-electron chi connectivity index (χ3n) is 4.08. The number of aromatic nitrogens is 4. The monoisotopic (exact) mass is 411 g/mol. The highest BCUT2D eigenvalue weighted by molar-refractivity contribution is 6.02. The summed E-state index contributed by atoms with van der Waals surface area (Å²) in [5.41, 5.74) is -1.24. The molecule has 28 heavy (non-hydrogen) atoms. The molecule has 0 aliphatic carbocycles. The van der Waals surface area contributed by atoms with E-state index in [1.807, 2.05) is 0 Å². The quantitative estimate of drug-likeness (QED) is 0.685. The predicted octanol–water partition coefficient (Wildman–Crippen LogP) is 0.222. The summed E-state index contributed by atoms with van der Waals surface area (Å²) in [5.74, 6) is -2.67. The number of hydrogen-bond acceptors (Lipinski definition) is 8. The standard InChI is InChI=1S/C16H17N5O6.ClH/c1-10(22)27-13(14(23)24)16(2)15(25)20(7-8-26-16)12-4-6-21(19-12)11-3-5-17-18-9-11;/h3-6,9,13H,7-8H2,1-2H3,(H,23,24);1H/t13-,16?;/m0./s1. The molecule has 0 saturated carbocycles. The van der Waals surface area contributed by atoms with E-state index in [-0.39, 0.29) is 25.6 Å². The van der Waals surface area contributed by atoms with Crippen LogP contribution in [0.1, 0.15) is 13.8 Å². The normalized spacial score (nSPS) is 20.2. The summed E-state index contributed by atoms with van der Waals surface area (Å²) >= 11 is 0. The first-order chi connectivity index (χ1) is 12.8. The Bertz CT molecular complexity index is 875. The molecule has 2 aromatic rings. The summed E-state index contributed by atoms with van der Waals surface area (Å²) in [6.07, 6.45) is 2.86. The van der Waals surface area contributed by atoms with Crippen LogP contribution in [0.15, 0.2) is 30.7 Å². The number of rotatable bonds is 5. The van der Waals surface area contributed by atoms with Crippen molar-refractivity contribution in [3.05, 3.63) is 30.7 Å². The maximum atomic E-state index is 13.0. The molecule has 1 saturated heterocycles. The molecule has 150 valence electrons. The lowest BCUT2D eigenvalue weighted by Crippen LogP contribution is -2.63. The van der Waals surface area contributed by atoms with Crippen LogP contribution in [0.25, 0.3) is 5.69 Å². The smallest absolute Gasteiger partial charge is 0.348 e. The number of nitrogens with zero attached hydrogens (tertiary/aromatic N) is 5. The lowest BCUT2D eigenvalue weighted by molar-refractivity contribution is -0.193. The Balaban J connectivity index is 0.00000280. The average molecular weight is 412 g/mol. The zero-order valence-electron chi connectivity index (χ0n) is 15.0. The van der Waals surface area contributed by atoms with Gasteiger partial charge in [-0.3, -0.25) is 14.5 Å². The van der Waals surface area contributed by atoms with E-state index in [1.54, 1.807) is 18.3 Å². The summed E-state index contributed by atoms with van der Waals surface area (Å²) in [6.45, 7) is 2.57. The highest BCUT2D eigenvalue weighted by Gasteiger charge is 2.53. The van der Waals surface area contributed by atoms with Gasteiger partial charge in [-0.25, -0.2) is 9.48 Å².